The Morgan fingerprint density at radius 3 is 2.56 bits per heavy atom. The van der Waals surface area contributed by atoms with Crippen LogP contribution in [-0.2, 0) is 11.2 Å². The second-order valence-electron chi connectivity index (χ2n) is 3.62. The number of aromatic nitrogens is 1. The van der Waals surface area contributed by atoms with E-state index in [0.717, 1.165) is 23.0 Å². The molecular weight excluding hydrogens is 266 g/mol. The molecule has 86 valence electrons. The summed E-state index contributed by atoms with van der Waals surface area (Å²) in [5, 5.41) is 0. The molecule has 1 aromatic heterocycles. The van der Waals surface area contributed by atoms with Crippen molar-refractivity contribution in [3.05, 3.63) is 40.1 Å². The Bertz CT molecular complexity index is 375. The molecule has 0 aliphatic rings. The van der Waals surface area contributed by atoms with E-state index >= 15 is 0 Å². The number of ketones is 1. The lowest BCUT2D eigenvalue weighted by Crippen LogP contribution is -2.01. The van der Waals surface area contributed by atoms with Crippen LogP contribution in [0.1, 0.15) is 32.4 Å². The largest absolute Gasteiger partial charge is 0.294 e. The lowest BCUT2D eigenvalue weighted by molar-refractivity contribution is -0.114. The molecule has 0 radical (unpaired) electrons. The van der Waals surface area contributed by atoms with Gasteiger partial charge in [-0.05, 0) is 47.0 Å². The summed E-state index contributed by atoms with van der Waals surface area (Å²) in [5.41, 5.74) is 2.01. The summed E-state index contributed by atoms with van der Waals surface area (Å²) in [6, 6.07) is 3.77. The zero-order valence-corrected chi connectivity index (χ0v) is 11.3. The standard InChI is InChI=1S/C13H16BrNO/c1-3-10(4-2)7-13(16)8-12-6-5-11(14)9-15-12/h5-7,9H,3-4,8H2,1-2H3. The van der Waals surface area contributed by atoms with Crippen LogP contribution in [0.15, 0.2) is 34.5 Å². The van der Waals surface area contributed by atoms with E-state index in [9.17, 15) is 4.79 Å². The van der Waals surface area contributed by atoms with Crippen molar-refractivity contribution in [2.24, 2.45) is 0 Å². The van der Waals surface area contributed by atoms with Gasteiger partial charge in [0.25, 0.3) is 0 Å². The van der Waals surface area contributed by atoms with Crippen LogP contribution in [0.4, 0.5) is 0 Å². The first-order valence-corrected chi connectivity index (χ1v) is 6.27. The van der Waals surface area contributed by atoms with E-state index in [2.05, 4.69) is 34.8 Å². The summed E-state index contributed by atoms with van der Waals surface area (Å²) < 4.78 is 0.932. The lowest BCUT2D eigenvalue weighted by atomic mass is 10.1. The quantitative estimate of drug-likeness (QED) is 0.771. The van der Waals surface area contributed by atoms with Crippen molar-refractivity contribution < 1.29 is 4.79 Å². The third kappa shape index (κ3) is 4.27. The zero-order valence-electron chi connectivity index (χ0n) is 9.66. The van der Waals surface area contributed by atoms with E-state index in [1.165, 1.54) is 5.57 Å². The molecular formula is C13H16BrNO. The molecule has 0 N–H and O–H groups in total. The fourth-order valence-corrected chi connectivity index (χ4v) is 1.66. The third-order valence-corrected chi connectivity index (χ3v) is 2.89. The molecule has 0 aromatic carbocycles. The summed E-state index contributed by atoms with van der Waals surface area (Å²) in [6.45, 7) is 4.14. The van der Waals surface area contributed by atoms with Crippen LogP contribution in [-0.4, -0.2) is 10.8 Å². The first-order valence-electron chi connectivity index (χ1n) is 5.48. The van der Waals surface area contributed by atoms with Crippen molar-refractivity contribution in [2.75, 3.05) is 0 Å². The van der Waals surface area contributed by atoms with Crippen molar-refractivity contribution in [2.45, 2.75) is 33.1 Å². The van der Waals surface area contributed by atoms with Gasteiger partial charge < -0.3 is 0 Å². The average Bonchev–Trinajstić information content (AvgIpc) is 2.29. The van der Waals surface area contributed by atoms with Gasteiger partial charge in [-0.1, -0.05) is 19.4 Å². The van der Waals surface area contributed by atoms with Gasteiger partial charge in [0.05, 0.1) is 6.42 Å². The summed E-state index contributed by atoms with van der Waals surface area (Å²) in [4.78, 5) is 15.9. The maximum absolute atomic E-state index is 11.7. The van der Waals surface area contributed by atoms with Gasteiger partial charge in [-0.2, -0.15) is 0 Å². The molecule has 16 heavy (non-hydrogen) atoms. The number of hydrogen-bond donors (Lipinski definition) is 0. The predicted molar refractivity (Wildman–Crippen MR) is 69.3 cm³/mol. The van der Waals surface area contributed by atoms with Crippen molar-refractivity contribution in [3.63, 3.8) is 0 Å². The van der Waals surface area contributed by atoms with Crippen LogP contribution in [0.5, 0.6) is 0 Å². The topological polar surface area (TPSA) is 30.0 Å². The van der Waals surface area contributed by atoms with Gasteiger partial charge in [0.15, 0.2) is 5.78 Å². The molecule has 0 fully saturated rings. The van der Waals surface area contributed by atoms with E-state index < -0.39 is 0 Å². The lowest BCUT2D eigenvalue weighted by Gasteiger charge is -2.00. The van der Waals surface area contributed by atoms with Gasteiger partial charge in [-0.25, -0.2) is 0 Å². The smallest absolute Gasteiger partial charge is 0.161 e. The summed E-state index contributed by atoms with van der Waals surface area (Å²) in [7, 11) is 0. The number of halogens is 1. The van der Waals surface area contributed by atoms with Crippen molar-refractivity contribution in [1.82, 2.24) is 4.98 Å². The molecule has 0 saturated heterocycles. The van der Waals surface area contributed by atoms with Gasteiger partial charge in [-0.3, -0.25) is 9.78 Å². The molecule has 0 aliphatic carbocycles. The van der Waals surface area contributed by atoms with E-state index in [1.807, 2.05) is 12.1 Å². The highest BCUT2D eigenvalue weighted by Crippen LogP contribution is 2.10. The number of carbonyl (C=O) groups is 1. The molecule has 0 aliphatic heterocycles. The molecule has 0 atom stereocenters. The molecule has 1 heterocycles. The van der Waals surface area contributed by atoms with E-state index in [0.29, 0.717) is 6.42 Å². The van der Waals surface area contributed by atoms with E-state index in [4.69, 9.17) is 0 Å². The number of rotatable bonds is 5. The molecule has 1 aromatic rings. The van der Waals surface area contributed by atoms with Crippen LogP contribution < -0.4 is 0 Å². The summed E-state index contributed by atoms with van der Waals surface area (Å²) in [6.07, 6.45) is 5.74. The fraction of sp³-hybridized carbons (Fsp3) is 0.385. The van der Waals surface area contributed by atoms with E-state index in [1.54, 1.807) is 12.3 Å². The van der Waals surface area contributed by atoms with Crippen LogP contribution >= 0.6 is 15.9 Å². The minimum Gasteiger partial charge on any atom is -0.294 e. The fourth-order valence-electron chi connectivity index (χ4n) is 1.42. The predicted octanol–water partition coefficient (Wildman–Crippen LogP) is 3.70. The van der Waals surface area contributed by atoms with Crippen LogP contribution in [0, 0.1) is 0 Å². The van der Waals surface area contributed by atoms with Crippen molar-refractivity contribution in [3.8, 4) is 0 Å². The van der Waals surface area contributed by atoms with Gasteiger partial charge in [0.2, 0.25) is 0 Å². The maximum Gasteiger partial charge on any atom is 0.161 e. The number of allylic oxidation sites excluding steroid dienone is 2. The SMILES string of the molecule is CCC(=CC(=O)Cc1ccc(Br)cn1)CC. The highest BCUT2D eigenvalue weighted by atomic mass is 79.9. The van der Waals surface area contributed by atoms with Crippen molar-refractivity contribution in [1.29, 1.82) is 0 Å². The molecule has 0 spiro atoms. The second-order valence-corrected chi connectivity index (χ2v) is 4.54. The first-order chi connectivity index (χ1) is 7.65. The van der Waals surface area contributed by atoms with Gasteiger partial charge in [0, 0.05) is 16.4 Å². The Morgan fingerprint density at radius 2 is 2.06 bits per heavy atom. The molecule has 0 unspecified atom stereocenters. The minimum atomic E-state index is 0.133. The summed E-state index contributed by atoms with van der Waals surface area (Å²) in [5.74, 6) is 0.133. The highest BCUT2D eigenvalue weighted by Gasteiger charge is 2.03. The molecule has 1 rings (SSSR count). The maximum atomic E-state index is 11.7. The zero-order chi connectivity index (χ0) is 12.0. The monoisotopic (exact) mass is 281 g/mol. The number of nitrogens with zero attached hydrogens (tertiary/aromatic N) is 1. The summed E-state index contributed by atoms with van der Waals surface area (Å²) >= 11 is 3.31. The molecule has 0 bridgehead atoms. The van der Waals surface area contributed by atoms with Crippen LogP contribution in [0.25, 0.3) is 0 Å². The third-order valence-electron chi connectivity index (χ3n) is 2.42. The van der Waals surface area contributed by atoms with Gasteiger partial charge >= 0.3 is 0 Å². The average molecular weight is 282 g/mol. The minimum absolute atomic E-state index is 0.133. The Kier molecular flexibility index (Phi) is 5.39. The van der Waals surface area contributed by atoms with E-state index in [-0.39, 0.29) is 5.78 Å². The Hall–Kier alpha value is -0.960. The number of pyridine rings is 1. The second kappa shape index (κ2) is 6.59. The highest BCUT2D eigenvalue weighted by molar-refractivity contribution is 9.10. The first kappa shape index (κ1) is 13.1. The Labute approximate surface area is 105 Å². The number of hydrogen-bond acceptors (Lipinski definition) is 2. The van der Waals surface area contributed by atoms with Crippen molar-refractivity contribution >= 4 is 21.7 Å². The molecule has 0 saturated carbocycles. The molecule has 0 amide bonds. The van der Waals surface area contributed by atoms with Gasteiger partial charge in [-0.15, -0.1) is 0 Å². The van der Waals surface area contributed by atoms with Crippen LogP contribution in [0.2, 0.25) is 0 Å². The van der Waals surface area contributed by atoms with Crippen LogP contribution in [0.3, 0.4) is 0 Å². The Morgan fingerprint density at radius 1 is 1.38 bits per heavy atom. The number of carbonyl (C=O) groups excluding carboxylic acids is 1. The Balaban J connectivity index is 2.64. The van der Waals surface area contributed by atoms with Gasteiger partial charge in [0.1, 0.15) is 0 Å². The normalized spacial score (nSPS) is 9.94. The molecule has 3 heteroatoms. The molecule has 2 nitrogen and oxygen atoms in total.